The van der Waals surface area contributed by atoms with Crippen LogP contribution in [0.15, 0.2) is 24.3 Å². The highest BCUT2D eigenvalue weighted by atomic mass is 16.5. The molecule has 0 radical (unpaired) electrons. The predicted octanol–water partition coefficient (Wildman–Crippen LogP) is 3.70. The topological polar surface area (TPSA) is 35.2 Å². The summed E-state index contributed by atoms with van der Waals surface area (Å²) in [6.07, 6.45) is 3.48. The summed E-state index contributed by atoms with van der Waals surface area (Å²) in [5, 5.41) is 0. The minimum Gasteiger partial charge on any atom is -0.497 e. The van der Waals surface area contributed by atoms with Gasteiger partial charge in [0.25, 0.3) is 0 Å². The van der Waals surface area contributed by atoms with Gasteiger partial charge in [0.05, 0.1) is 7.11 Å². The molecule has 0 spiro atoms. The molecular formula is C15H25NO. The summed E-state index contributed by atoms with van der Waals surface area (Å²) in [5.41, 5.74) is 7.35. The van der Waals surface area contributed by atoms with Crippen molar-refractivity contribution in [2.45, 2.75) is 45.6 Å². The highest BCUT2D eigenvalue weighted by molar-refractivity contribution is 5.31. The van der Waals surface area contributed by atoms with Crippen molar-refractivity contribution in [3.05, 3.63) is 29.8 Å². The third-order valence-corrected chi connectivity index (χ3v) is 3.30. The van der Waals surface area contributed by atoms with Crippen LogP contribution >= 0.6 is 0 Å². The van der Waals surface area contributed by atoms with E-state index in [1.54, 1.807) is 7.11 Å². The van der Waals surface area contributed by atoms with Gasteiger partial charge in [-0.05, 0) is 37.0 Å². The molecule has 0 aliphatic carbocycles. The van der Waals surface area contributed by atoms with Crippen molar-refractivity contribution in [2.24, 2.45) is 11.7 Å². The summed E-state index contributed by atoms with van der Waals surface area (Å²) in [4.78, 5) is 0. The molecule has 1 aromatic carbocycles. The molecule has 0 aromatic heterocycles. The molecule has 17 heavy (non-hydrogen) atoms. The van der Waals surface area contributed by atoms with Crippen molar-refractivity contribution in [1.82, 2.24) is 0 Å². The molecule has 2 atom stereocenters. The van der Waals surface area contributed by atoms with Crippen molar-refractivity contribution < 1.29 is 4.74 Å². The highest BCUT2D eigenvalue weighted by Crippen LogP contribution is 2.28. The Morgan fingerprint density at radius 3 is 2.35 bits per heavy atom. The van der Waals surface area contributed by atoms with Gasteiger partial charge in [-0.25, -0.2) is 0 Å². The minimum absolute atomic E-state index is 0.249. The van der Waals surface area contributed by atoms with E-state index in [0.717, 1.165) is 12.2 Å². The summed E-state index contributed by atoms with van der Waals surface area (Å²) >= 11 is 0. The van der Waals surface area contributed by atoms with Crippen molar-refractivity contribution in [1.29, 1.82) is 0 Å². The van der Waals surface area contributed by atoms with E-state index in [1.165, 1.54) is 18.4 Å². The van der Waals surface area contributed by atoms with Crippen molar-refractivity contribution in [3.8, 4) is 5.75 Å². The average molecular weight is 235 g/mol. The molecule has 0 bridgehead atoms. The zero-order valence-electron chi connectivity index (χ0n) is 11.5. The molecule has 2 unspecified atom stereocenters. The monoisotopic (exact) mass is 235 g/mol. The Morgan fingerprint density at radius 1 is 1.29 bits per heavy atom. The molecule has 0 amide bonds. The Kier molecular flexibility index (Phi) is 5.01. The molecule has 0 heterocycles. The summed E-state index contributed by atoms with van der Waals surface area (Å²) in [5.74, 6) is 1.54. The van der Waals surface area contributed by atoms with E-state index in [9.17, 15) is 0 Å². The third kappa shape index (κ3) is 4.04. The van der Waals surface area contributed by atoms with Crippen LogP contribution in [0, 0.1) is 5.92 Å². The second kappa shape index (κ2) is 6.06. The molecule has 96 valence electrons. The third-order valence-electron chi connectivity index (χ3n) is 3.30. The van der Waals surface area contributed by atoms with E-state index in [0.29, 0.717) is 5.92 Å². The van der Waals surface area contributed by atoms with E-state index >= 15 is 0 Å². The SMILES string of the molecule is CCCC(C)CC(C)(N)c1ccc(OC)cc1. The molecular weight excluding hydrogens is 210 g/mol. The van der Waals surface area contributed by atoms with Crippen LogP contribution in [-0.2, 0) is 5.54 Å². The van der Waals surface area contributed by atoms with Crippen LogP contribution in [-0.4, -0.2) is 7.11 Å². The van der Waals surface area contributed by atoms with Gasteiger partial charge in [0, 0.05) is 5.54 Å². The largest absolute Gasteiger partial charge is 0.497 e. The summed E-state index contributed by atoms with van der Waals surface area (Å²) < 4.78 is 5.16. The Hall–Kier alpha value is -1.02. The number of benzene rings is 1. The molecule has 0 aliphatic rings. The van der Waals surface area contributed by atoms with Crippen molar-refractivity contribution in [2.75, 3.05) is 7.11 Å². The molecule has 2 heteroatoms. The van der Waals surface area contributed by atoms with E-state index in [-0.39, 0.29) is 5.54 Å². The number of hydrogen-bond donors (Lipinski definition) is 1. The Labute approximate surface area is 105 Å². The Bertz CT molecular complexity index is 329. The predicted molar refractivity (Wildman–Crippen MR) is 73.2 cm³/mol. The fourth-order valence-electron chi connectivity index (χ4n) is 2.41. The van der Waals surface area contributed by atoms with Crippen LogP contribution in [0.1, 0.15) is 45.6 Å². The number of hydrogen-bond acceptors (Lipinski definition) is 2. The molecule has 0 aliphatic heterocycles. The molecule has 1 rings (SSSR count). The normalized spacial score (nSPS) is 16.3. The fourth-order valence-corrected chi connectivity index (χ4v) is 2.41. The lowest BCUT2D eigenvalue weighted by Gasteiger charge is -2.28. The van der Waals surface area contributed by atoms with Gasteiger partial charge in [0.1, 0.15) is 5.75 Å². The summed E-state index contributed by atoms with van der Waals surface area (Å²) in [6, 6.07) is 8.09. The summed E-state index contributed by atoms with van der Waals surface area (Å²) in [7, 11) is 1.68. The molecule has 0 saturated carbocycles. The zero-order valence-corrected chi connectivity index (χ0v) is 11.5. The van der Waals surface area contributed by atoms with Gasteiger partial charge in [-0.1, -0.05) is 38.8 Å². The van der Waals surface area contributed by atoms with E-state index < -0.39 is 0 Å². The quantitative estimate of drug-likeness (QED) is 0.816. The Balaban J connectivity index is 2.73. The maximum atomic E-state index is 6.42. The maximum Gasteiger partial charge on any atom is 0.118 e. The van der Waals surface area contributed by atoms with Crippen LogP contribution in [0.25, 0.3) is 0 Å². The van der Waals surface area contributed by atoms with Crippen LogP contribution < -0.4 is 10.5 Å². The first-order valence-corrected chi connectivity index (χ1v) is 6.43. The fraction of sp³-hybridized carbons (Fsp3) is 0.600. The van der Waals surface area contributed by atoms with E-state index in [2.05, 4.69) is 32.9 Å². The zero-order chi connectivity index (χ0) is 12.9. The van der Waals surface area contributed by atoms with Crippen molar-refractivity contribution >= 4 is 0 Å². The van der Waals surface area contributed by atoms with Crippen LogP contribution in [0.5, 0.6) is 5.75 Å². The average Bonchev–Trinajstić information content (AvgIpc) is 2.28. The molecule has 1 aromatic rings. The first-order valence-electron chi connectivity index (χ1n) is 6.43. The number of methoxy groups -OCH3 is 1. The number of ether oxygens (including phenoxy) is 1. The van der Waals surface area contributed by atoms with Gasteiger partial charge < -0.3 is 10.5 Å². The van der Waals surface area contributed by atoms with Gasteiger partial charge in [0.15, 0.2) is 0 Å². The van der Waals surface area contributed by atoms with Gasteiger partial charge in [0.2, 0.25) is 0 Å². The standard InChI is InChI=1S/C15H25NO/c1-5-6-12(2)11-15(3,16)13-7-9-14(17-4)10-8-13/h7-10,12H,5-6,11,16H2,1-4H3. The summed E-state index contributed by atoms with van der Waals surface area (Å²) in [6.45, 7) is 6.61. The highest BCUT2D eigenvalue weighted by Gasteiger charge is 2.23. The first-order chi connectivity index (χ1) is 7.99. The molecule has 2 nitrogen and oxygen atoms in total. The van der Waals surface area contributed by atoms with Crippen LogP contribution in [0.3, 0.4) is 0 Å². The second-order valence-corrected chi connectivity index (χ2v) is 5.24. The molecule has 0 fully saturated rings. The second-order valence-electron chi connectivity index (χ2n) is 5.24. The number of nitrogens with two attached hydrogens (primary N) is 1. The van der Waals surface area contributed by atoms with Gasteiger partial charge in [-0.3, -0.25) is 0 Å². The first kappa shape index (κ1) is 14.0. The van der Waals surface area contributed by atoms with Crippen LogP contribution in [0.4, 0.5) is 0 Å². The number of rotatable bonds is 6. The lowest BCUT2D eigenvalue weighted by molar-refractivity contribution is 0.346. The van der Waals surface area contributed by atoms with E-state index in [1.807, 2.05) is 12.1 Å². The van der Waals surface area contributed by atoms with E-state index in [4.69, 9.17) is 10.5 Å². The molecule has 2 N–H and O–H groups in total. The van der Waals surface area contributed by atoms with Crippen LogP contribution in [0.2, 0.25) is 0 Å². The maximum absolute atomic E-state index is 6.42. The smallest absolute Gasteiger partial charge is 0.118 e. The van der Waals surface area contributed by atoms with Gasteiger partial charge in [-0.15, -0.1) is 0 Å². The van der Waals surface area contributed by atoms with Gasteiger partial charge in [-0.2, -0.15) is 0 Å². The lowest BCUT2D eigenvalue weighted by Crippen LogP contribution is -2.34. The minimum atomic E-state index is -0.249. The molecule has 0 saturated heterocycles. The van der Waals surface area contributed by atoms with Crippen molar-refractivity contribution in [3.63, 3.8) is 0 Å². The lowest BCUT2D eigenvalue weighted by atomic mass is 9.83. The Morgan fingerprint density at radius 2 is 1.88 bits per heavy atom. The van der Waals surface area contributed by atoms with Gasteiger partial charge >= 0.3 is 0 Å².